The number of hydrogen-bond donors (Lipinski definition) is 1. The lowest BCUT2D eigenvalue weighted by Crippen LogP contribution is -2.28. The van der Waals surface area contributed by atoms with E-state index < -0.39 is 5.92 Å². The monoisotopic (exact) mass is 392 g/mol. The Morgan fingerprint density at radius 1 is 1.19 bits per heavy atom. The van der Waals surface area contributed by atoms with Gasteiger partial charge >= 0.3 is 0 Å². The van der Waals surface area contributed by atoms with Crippen LogP contribution in [0.15, 0.2) is 42.5 Å². The smallest absolute Gasteiger partial charge is 0.229 e. The molecule has 0 aliphatic carbocycles. The Morgan fingerprint density at radius 3 is 2.46 bits per heavy atom. The van der Waals surface area contributed by atoms with Crippen molar-refractivity contribution >= 4 is 46.4 Å². The van der Waals surface area contributed by atoms with Crippen LogP contribution >= 0.6 is 23.2 Å². The highest BCUT2D eigenvalue weighted by atomic mass is 35.5. The molecule has 2 aromatic rings. The van der Waals surface area contributed by atoms with Gasteiger partial charge in [-0.05, 0) is 49.4 Å². The van der Waals surface area contributed by atoms with Crippen LogP contribution in [0.25, 0.3) is 0 Å². The highest BCUT2D eigenvalue weighted by molar-refractivity contribution is 6.35. The molecule has 1 N–H and O–H groups in total. The van der Waals surface area contributed by atoms with Gasteiger partial charge < -0.3 is 15.0 Å². The Hall–Kier alpha value is -2.24. The predicted octanol–water partition coefficient (Wildman–Crippen LogP) is 4.38. The Labute approximate surface area is 161 Å². The van der Waals surface area contributed by atoms with Gasteiger partial charge in [-0.2, -0.15) is 0 Å². The van der Waals surface area contributed by atoms with E-state index in [1.54, 1.807) is 47.4 Å². The summed E-state index contributed by atoms with van der Waals surface area (Å²) < 4.78 is 5.38. The summed E-state index contributed by atoms with van der Waals surface area (Å²) in [6.45, 7) is 2.78. The summed E-state index contributed by atoms with van der Waals surface area (Å²) in [4.78, 5) is 26.4. The van der Waals surface area contributed by atoms with E-state index in [1.807, 2.05) is 6.92 Å². The lowest BCUT2D eigenvalue weighted by atomic mass is 10.1. The molecule has 1 aliphatic rings. The molecule has 7 heteroatoms. The van der Waals surface area contributed by atoms with Crippen molar-refractivity contribution < 1.29 is 14.3 Å². The van der Waals surface area contributed by atoms with Crippen LogP contribution in [0.3, 0.4) is 0 Å². The minimum atomic E-state index is -0.438. The van der Waals surface area contributed by atoms with E-state index in [4.69, 9.17) is 27.9 Å². The fourth-order valence-electron chi connectivity index (χ4n) is 2.87. The first-order valence-electron chi connectivity index (χ1n) is 8.26. The number of halogens is 2. The molecule has 0 radical (unpaired) electrons. The lowest BCUT2D eigenvalue weighted by molar-refractivity contribution is -0.122. The molecule has 2 aromatic carbocycles. The standard InChI is InChI=1S/C19H18Cl2N2O3/c1-2-26-17-5-3-15(4-6-17)22-19(25)12-7-18(24)23(11-12)16-9-13(20)8-14(21)10-16/h3-6,8-10,12H,2,7,11H2,1H3,(H,22,25). The fourth-order valence-corrected chi connectivity index (χ4v) is 3.39. The highest BCUT2D eigenvalue weighted by Gasteiger charge is 2.35. The van der Waals surface area contributed by atoms with E-state index in [1.165, 1.54) is 0 Å². The predicted molar refractivity (Wildman–Crippen MR) is 103 cm³/mol. The SMILES string of the molecule is CCOc1ccc(NC(=O)C2CC(=O)N(c3cc(Cl)cc(Cl)c3)C2)cc1. The van der Waals surface area contributed by atoms with Gasteiger partial charge in [0.2, 0.25) is 11.8 Å². The second-order valence-corrected chi connectivity index (χ2v) is 6.85. The van der Waals surface area contributed by atoms with Crippen LogP contribution in [-0.4, -0.2) is 25.0 Å². The maximum absolute atomic E-state index is 12.5. The normalized spacial score (nSPS) is 16.7. The Morgan fingerprint density at radius 2 is 1.85 bits per heavy atom. The number of ether oxygens (including phenoxy) is 1. The number of nitrogens with one attached hydrogen (secondary N) is 1. The molecule has 26 heavy (non-hydrogen) atoms. The van der Waals surface area contributed by atoms with Gasteiger partial charge in [0.1, 0.15) is 5.75 Å². The van der Waals surface area contributed by atoms with Crippen LogP contribution in [0.1, 0.15) is 13.3 Å². The van der Waals surface area contributed by atoms with Crippen molar-refractivity contribution in [1.82, 2.24) is 0 Å². The average Bonchev–Trinajstić information content (AvgIpc) is 2.98. The van der Waals surface area contributed by atoms with Crippen LogP contribution < -0.4 is 15.0 Å². The number of hydrogen-bond acceptors (Lipinski definition) is 3. The van der Waals surface area contributed by atoms with E-state index in [-0.39, 0.29) is 18.2 Å². The summed E-state index contributed by atoms with van der Waals surface area (Å²) in [6.07, 6.45) is 0.146. The third-order valence-electron chi connectivity index (χ3n) is 4.09. The zero-order chi connectivity index (χ0) is 18.7. The zero-order valence-corrected chi connectivity index (χ0v) is 15.7. The highest BCUT2D eigenvalue weighted by Crippen LogP contribution is 2.30. The number of carbonyl (C=O) groups is 2. The number of amides is 2. The molecule has 136 valence electrons. The average molecular weight is 393 g/mol. The number of carbonyl (C=O) groups excluding carboxylic acids is 2. The molecule has 1 aliphatic heterocycles. The van der Waals surface area contributed by atoms with Gasteiger partial charge in [0.15, 0.2) is 0 Å². The number of anilines is 2. The molecule has 1 unspecified atom stereocenters. The van der Waals surface area contributed by atoms with Crippen LogP contribution in [0.2, 0.25) is 10.0 Å². The van der Waals surface area contributed by atoms with Gasteiger partial charge in [0.25, 0.3) is 0 Å². The molecular weight excluding hydrogens is 375 g/mol. The van der Waals surface area contributed by atoms with Crippen molar-refractivity contribution in [3.05, 3.63) is 52.5 Å². The minimum absolute atomic E-state index is 0.129. The zero-order valence-electron chi connectivity index (χ0n) is 14.2. The summed E-state index contributed by atoms with van der Waals surface area (Å²) in [5.41, 5.74) is 1.26. The lowest BCUT2D eigenvalue weighted by Gasteiger charge is -2.17. The van der Waals surface area contributed by atoms with Crippen LogP contribution in [0, 0.1) is 5.92 Å². The Kier molecular flexibility index (Phi) is 5.69. The largest absolute Gasteiger partial charge is 0.494 e. The van der Waals surface area contributed by atoms with Crippen LogP contribution in [0.5, 0.6) is 5.75 Å². The van der Waals surface area contributed by atoms with E-state index in [9.17, 15) is 9.59 Å². The molecule has 1 atom stereocenters. The van der Waals surface area contributed by atoms with Crippen molar-refractivity contribution in [3.8, 4) is 5.75 Å². The number of rotatable bonds is 5. The molecule has 3 rings (SSSR count). The first-order valence-corrected chi connectivity index (χ1v) is 9.02. The quantitative estimate of drug-likeness (QED) is 0.820. The summed E-state index contributed by atoms with van der Waals surface area (Å²) in [5, 5.41) is 3.74. The maximum Gasteiger partial charge on any atom is 0.229 e. The van der Waals surface area contributed by atoms with Crippen LogP contribution in [0.4, 0.5) is 11.4 Å². The van der Waals surface area contributed by atoms with Gasteiger partial charge in [-0.1, -0.05) is 23.2 Å². The van der Waals surface area contributed by atoms with Crippen molar-refractivity contribution in [2.24, 2.45) is 5.92 Å². The van der Waals surface area contributed by atoms with E-state index >= 15 is 0 Å². The van der Waals surface area contributed by atoms with Gasteiger partial charge in [0.05, 0.1) is 12.5 Å². The summed E-state index contributed by atoms with van der Waals surface area (Å²) in [6, 6.07) is 12.1. The maximum atomic E-state index is 12.5. The van der Waals surface area contributed by atoms with E-state index in [2.05, 4.69) is 5.32 Å². The topological polar surface area (TPSA) is 58.6 Å². The molecule has 1 saturated heterocycles. The minimum Gasteiger partial charge on any atom is -0.494 e. The summed E-state index contributed by atoms with van der Waals surface area (Å²) in [5.74, 6) is -0.0225. The number of benzene rings is 2. The molecular formula is C19H18Cl2N2O3. The van der Waals surface area contributed by atoms with Gasteiger partial charge in [-0.25, -0.2) is 0 Å². The van der Waals surface area contributed by atoms with Crippen LogP contribution in [-0.2, 0) is 9.59 Å². The van der Waals surface area contributed by atoms with E-state index in [0.717, 1.165) is 5.75 Å². The molecule has 0 spiro atoms. The molecule has 0 aromatic heterocycles. The summed E-state index contributed by atoms with van der Waals surface area (Å²) in [7, 11) is 0. The Bertz CT molecular complexity index is 804. The summed E-state index contributed by atoms with van der Waals surface area (Å²) >= 11 is 12.0. The molecule has 0 saturated carbocycles. The first-order chi connectivity index (χ1) is 12.5. The third-order valence-corrected chi connectivity index (χ3v) is 4.52. The second-order valence-electron chi connectivity index (χ2n) is 5.98. The molecule has 5 nitrogen and oxygen atoms in total. The van der Waals surface area contributed by atoms with Gasteiger partial charge in [-0.15, -0.1) is 0 Å². The van der Waals surface area contributed by atoms with Crippen molar-refractivity contribution in [1.29, 1.82) is 0 Å². The van der Waals surface area contributed by atoms with Crippen molar-refractivity contribution in [3.63, 3.8) is 0 Å². The fraction of sp³-hybridized carbons (Fsp3) is 0.263. The third kappa shape index (κ3) is 4.29. The molecule has 1 heterocycles. The first kappa shape index (κ1) is 18.5. The van der Waals surface area contributed by atoms with Crippen molar-refractivity contribution in [2.45, 2.75) is 13.3 Å². The molecule has 0 bridgehead atoms. The van der Waals surface area contributed by atoms with Crippen molar-refractivity contribution in [2.75, 3.05) is 23.4 Å². The number of nitrogens with zero attached hydrogens (tertiary/aromatic N) is 1. The van der Waals surface area contributed by atoms with Gasteiger partial charge in [0, 0.05) is 34.4 Å². The molecule has 2 amide bonds. The Balaban J connectivity index is 1.66. The van der Waals surface area contributed by atoms with Gasteiger partial charge in [-0.3, -0.25) is 9.59 Å². The molecule has 1 fully saturated rings. The van der Waals surface area contributed by atoms with E-state index in [0.29, 0.717) is 34.6 Å². The second kappa shape index (κ2) is 7.98.